The maximum Gasteiger partial charge on any atom is 0.573 e. The number of imidazole rings is 1. The predicted molar refractivity (Wildman–Crippen MR) is 145 cm³/mol. The van der Waals surface area contributed by atoms with E-state index in [1.54, 1.807) is 23.2 Å². The number of alkyl halides is 6. The fourth-order valence-electron chi connectivity index (χ4n) is 4.39. The second-order valence-corrected chi connectivity index (χ2v) is 9.49. The van der Waals surface area contributed by atoms with Gasteiger partial charge >= 0.3 is 12.5 Å². The predicted octanol–water partition coefficient (Wildman–Crippen LogP) is 8.13. The molecule has 1 heterocycles. The van der Waals surface area contributed by atoms with Crippen molar-refractivity contribution < 1.29 is 31.1 Å². The number of aromatic nitrogens is 2. The van der Waals surface area contributed by atoms with Crippen molar-refractivity contribution in [3.05, 3.63) is 102 Å². The third kappa shape index (κ3) is 6.15. The molecule has 0 N–H and O–H groups in total. The number of fused-ring (bicyclic) bond motifs is 3. The Bertz CT molecular complexity index is 1720. The van der Waals surface area contributed by atoms with E-state index in [2.05, 4.69) is 14.7 Å². The quantitative estimate of drug-likeness (QED) is 0.113. The topological polar surface area (TPSA) is 39.4 Å². The van der Waals surface area contributed by atoms with Crippen LogP contribution in [0.15, 0.2) is 90.2 Å². The summed E-state index contributed by atoms with van der Waals surface area (Å²) in [6, 6.07) is 20.2. The molecule has 5 aromatic rings. The molecule has 0 amide bonds. The second-order valence-electron chi connectivity index (χ2n) is 8.91. The maximum absolute atomic E-state index is 13.2. The van der Waals surface area contributed by atoms with E-state index >= 15 is 0 Å². The van der Waals surface area contributed by atoms with Crippen molar-refractivity contribution in [1.29, 1.82) is 0 Å². The number of aliphatic imine (C=N–C) groups is 1. The molecule has 0 unspecified atom stereocenters. The number of hydrogen-bond acceptors (Lipinski definition) is 4. The average molecular weight is 572 g/mol. The first-order chi connectivity index (χ1) is 19.0. The van der Waals surface area contributed by atoms with Crippen molar-refractivity contribution in [3.63, 3.8) is 0 Å². The summed E-state index contributed by atoms with van der Waals surface area (Å²) in [6.07, 6.45) is -6.00. The molecule has 5 rings (SSSR count). The summed E-state index contributed by atoms with van der Waals surface area (Å²) in [5, 5.41) is 1.75. The number of ether oxygens (including phenoxy) is 1. The lowest BCUT2D eigenvalue weighted by molar-refractivity contribution is -0.274. The van der Waals surface area contributed by atoms with Crippen LogP contribution < -0.4 is 4.74 Å². The fraction of sp³-hybridized carbons (Fsp3) is 0.138. The second kappa shape index (κ2) is 10.7. The first-order valence-corrected chi connectivity index (χ1v) is 12.3. The number of nitrogens with zero attached hydrogens (tertiary/aromatic N) is 3. The number of hydrogen-bond donors (Lipinski definition) is 0. The number of rotatable bonds is 7. The van der Waals surface area contributed by atoms with E-state index in [1.165, 1.54) is 36.4 Å². The molecule has 0 saturated carbocycles. The minimum Gasteiger partial charge on any atom is -0.406 e. The van der Waals surface area contributed by atoms with Crippen molar-refractivity contribution in [2.45, 2.75) is 19.0 Å². The molecule has 0 saturated heterocycles. The van der Waals surface area contributed by atoms with Gasteiger partial charge in [-0.3, -0.25) is 9.56 Å². The highest BCUT2D eigenvalue weighted by molar-refractivity contribution is 7.80. The van der Waals surface area contributed by atoms with Gasteiger partial charge in [-0.05, 0) is 59.0 Å². The van der Waals surface area contributed by atoms with Gasteiger partial charge in [-0.2, -0.15) is 13.2 Å². The van der Waals surface area contributed by atoms with Crippen LogP contribution in [-0.2, 0) is 12.6 Å². The molecular weight excluding hydrogens is 552 g/mol. The molecule has 0 aliphatic rings. The number of halogens is 6. The Balaban J connectivity index is 1.31. The van der Waals surface area contributed by atoms with E-state index in [0.29, 0.717) is 16.1 Å². The Kier molecular flexibility index (Phi) is 7.33. The summed E-state index contributed by atoms with van der Waals surface area (Å²) in [6.45, 7) is 0.107. The lowest BCUT2D eigenvalue weighted by atomic mass is 10.0. The Morgan fingerprint density at radius 2 is 1.68 bits per heavy atom. The first-order valence-electron chi connectivity index (χ1n) is 11.9. The third-order valence-corrected chi connectivity index (χ3v) is 6.40. The average Bonchev–Trinajstić information content (AvgIpc) is 3.32. The standard InChI is InChI=1S/C29H19F6N3OS/c30-28(31,32)25-4-2-1-3-20(25)14-23(40)16-36-15-18-5-11-24-19(13-18)6-12-26-27(24)37-17-38(26)21-7-9-22(10-8-21)39-29(33,34)35/h1-13,15,17H,14,16H2. The Hall–Kier alpha value is -4.25. The third-order valence-electron chi connectivity index (χ3n) is 6.12. The molecule has 0 aliphatic heterocycles. The van der Waals surface area contributed by atoms with E-state index < -0.39 is 18.1 Å². The highest BCUT2D eigenvalue weighted by atomic mass is 32.1. The Morgan fingerprint density at radius 3 is 2.40 bits per heavy atom. The van der Waals surface area contributed by atoms with Crippen LogP contribution in [0.4, 0.5) is 26.3 Å². The largest absolute Gasteiger partial charge is 0.573 e. The minimum absolute atomic E-state index is 0.00119. The molecule has 0 fully saturated rings. The van der Waals surface area contributed by atoms with Gasteiger partial charge < -0.3 is 4.74 Å². The van der Waals surface area contributed by atoms with Crippen LogP contribution in [0.5, 0.6) is 5.75 Å². The molecule has 0 atom stereocenters. The highest BCUT2D eigenvalue weighted by Gasteiger charge is 2.33. The van der Waals surface area contributed by atoms with Crippen LogP contribution >= 0.6 is 12.2 Å². The monoisotopic (exact) mass is 571 g/mol. The van der Waals surface area contributed by atoms with Gasteiger partial charge in [0.05, 0.1) is 23.1 Å². The zero-order chi connectivity index (χ0) is 28.5. The smallest absolute Gasteiger partial charge is 0.406 e. The van der Waals surface area contributed by atoms with Crippen molar-refractivity contribution in [2.75, 3.05) is 6.54 Å². The molecule has 4 nitrogen and oxygen atoms in total. The van der Waals surface area contributed by atoms with E-state index in [-0.39, 0.29) is 24.3 Å². The van der Waals surface area contributed by atoms with Crippen LogP contribution in [0.3, 0.4) is 0 Å². The summed E-state index contributed by atoms with van der Waals surface area (Å²) < 4.78 is 82.7. The molecule has 4 aromatic carbocycles. The lowest BCUT2D eigenvalue weighted by Crippen LogP contribution is -2.17. The van der Waals surface area contributed by atoms with Gasteiger partial charge in [-0.15, -0.1) is 13.2 Å². The van der Waals surface area contributed by atoms with E-state index in [1.807, 2.05) is 30.3 Å². The molecule has 0 bridgehead atoms. The minimum atomic E-state index is -4.76. The summed E-state index contributed by atoms with van der Waals surface area (Å²) in [5.74, 6) is -0.313. The van der Waals surface area contributed by atoms with Gasteiger partial charge in [-0.25, -0.2) is 4.98 Å². The van der Waals surface area contributed by atoms with Gasteiger partial charge in [0.1, 0.15) is 12.1 Å². The highest BCUT2D eigenvalue weighted by Crippen LogP contribution is 2.32. The summed E-state index contributed by atoms with van der Waals surface area (Å²) in [7, 11) is 0. The maximum atomic E-state index is 13.2. The molecule has 40 heavy (non-hydrogen) atoms. The summed E-state index contributed by atoms with van der Waals surface area (Å²) in [4.78, 5) is 9.22. The molecular formula is C29H19F6N3OS. The van der Waals surface area contributed by atoms with Gasteiger partial charge in [0.2, 0.25) is 0 Å². The fourth-order valence-corrected chi connectivity index (χ4v) is 4.62. The van der Waals surface area contributed by atoms with Crippen LogP contribution in [-0.4, -0.2) is 33.5 Å². The molecule has 0 spiro atoms. The zero-order valence-electron chi connectivity index (χ0n) is 20.5. The lowest BCUT2D eigenvalue weighted by Gasteiger charge is -2.12. The molecule has 0 radical (unpaired) electrons. The van der Waals surface area contributed by atoms with Crippen molar-refractivity contribution in [2.24, 2.45) is 4.99 Å². The van der Waals surface area contributed by atoms with Crippen molar-refractivity contribution in [1.82, 2.24) is 9.55 Å². The van der Waals surface area contributed by atoms with Crippen molar-refractivity contribution >= 4 is 45.1 Å². The van der Waals surface area contributed by atoms with Crippen LogP contribution in [0, 0.1) is 0 Å². The van der Waals surface area contributed by atoms with Gasteiger partial charge in [0.15, 0.2) is 0 Å². The van der Waals surface area contributed by atoms with E-state index in [0.717, 1.165) is 27.9 Å². The summed E-state index contributed by atoms with van der Waals surface area (Å²) >= 11 is 5.29. The van der Waals surface area contributed by atoms with E-state index in [9.17, 15) is 26.3 Å². The number of benzene rings is 4. The van der Waals surface area contributed by atoms with E-state index in [4.69, 9.17) is 12.2 Å². The number of thiocarbonyl (C=S) groups is 1. The molecule has 0 aliphatic carbocycles. The molecule has 204 valence electrons. The first kappa shape index (κ1) is 27.3. The SMILES string of the molecule is FC(F)(F)Oc1ccc(-n2cnc3c4ccc(C=NCC(=S)Cc5ccccc5C(F)(F)F)cc4ccc32)cc1. The molecule has 11 heteroatoms. The van der Waals surface area contributed by atoms with Gasteiger partial charge in [0, 0.05) is 28.6 Å². The van der Waals surface area contributed by atoms with Crippen LogP contribution in [0.2, 0.25) is 0 Å². The molecule has 1 aromatic heterocycles. The van der Waals surface area contributed by atoms with Gasteiger partial charge in [0.25, 0.3) is 0 Å². The zero-order valence-corrected chi connectivity index (χ0v) is 21.3. The normalized spacial score (nSPS) is 12.4. The summed E-state index contributed by atoms with van der Waals surface area (Å²) in [5.41, 5.74) is 2.30. The van der Waals surface area contributed by atoms with Crippen molar-refractivity contribution in [3.8, 4) is 11.4 Å². The van der Waals surface area contributed by atoms with Crippen LogP contribution in [0.1, 0.15) is 16.7 Å². The Labute approximate surface area is 229 Å². The van der Waals surface area contributed by atoms with Crippen LogP contribution in [0.25, 0.3) is 27.5 Å². The van der Waals surface area contributed by atoms with Gasteiger partial charge in [-0.1, -0.05) is 48.6 Å². The Morgan fingerprint density at radius 1 is 0.925 bits per heavy atom.